The standard InChI is InChI=1S/C23H24ClF2N5/c24-19-12-29-21(28)10-18(19)22-17(14-4-6-16(27)7-5-14)9-20(26)23(31-22)30-11-13-2-1-3-15(25)8-13/h1-3,8-10,12,14,16H,4-7,11,27H2,(H2,28,29)(H,30,31). The van der Waals surface area contributed by atoms with Gasteiger partial charge in [0, 0.05) is 24.3 Å². The summed E-state index contributed by atoms with van der Waals surface area (Å²) in [6.45, 7) is 0.227. The van der Waals surface area contributed by atoms with Crippen LogP contribution in [0.15, 0.2) is 42.6 Å². The van der Waals surface area contributed by atoms with E-state index in [0.29, 0.717) is 27.7 Å². The summed E-state index contributed by atoms with van der Waals surface area (Å²) in [5, 5.41) is 3.36. The predicted octanol–water partition coefficient (Wildman–Crippen LogP) is 5.25. The number of pyridine rings is 2. The zero-order valence-corrected chi connectivity index (χ0v) is 17.7. The Morgan fingerprint density at radius 3 is 2.61 bits per heavy atom. The van der Waals surface area contributed by atoms with Crippen molar-refractivity contribution in [2.24, 2.45) is 5.73 Å². The van der Waals surface area contributed by atoms with Gasteiger partial charge in [-0.3, -0.25) is 0 Å². The average molecular weight is 444 g/mol. The van der Waals surface area contributed by atoms with E-state index in [0.717, 1.165) is 31.2 Å². The smallest absolute Gasteiger partial charge is 0.165 e. The molecule has 1 aliphatic rings. The fourth-order valence-corrected chi connectivity index (χ4v) is 4.25. The molecule has 1 aromatic carbocycles. The molecule has 31 heavy (non-hydrogen) atoms. The Morgan fingerprint density at radius 2 is 1.87 bits per heavy atom. The van der Waals surface area contributed by atoms with Crippen LogP contribution in [0.5, 0.6) is 0 Å². The third-order valence-corrected chi connectivity index (χ3v) is 6.00. The quantitative estimate of drug-likeness (QED) is 0.500. The fraction of sp³-hybridized carbons (Fsp3) is 0.304. The molecule has 4 rings (SSSR count). The molecule has 1 saturated carbocycles. The third-order valence-electron chi connectivity index (χ3n) is 5.70. The molecule has 0 saturated heterocycles. The van der Waals surface area contributed by atoms with Gasteiger partial charge >= 0.3 is 0 Å². The Bertz CT molecular complexity index is 1080. The summed E-state index contributed by atoms with van der Waals surface area (Å²) in [4.78, 5) is 8.61. The van der Waals surface area contributed by atoms with Crippen molar-refractivity contribution in [2.75, 3.05) is 11.1 Å². The minimum Gasteiger partial charge on any atom is -0.384 e. The first kappa shape index (κ1) is 21.5. The van der Waals surface area contributed by atoms with Gasteiger partial charge in [0.2, 0.25) is 0 Å². The molecule has 1 aliphatic carbocycles. The van der Waals surface area contributed by atoms with E-state index in [4.69, 9.17) is 23.1 Å². The van der Waals surface area contributed by atoms with Gasteiger partial charge in [-0.1, -0.05) is 23.7 Å². The third kappa shape index (κ3) is 4.94. The van der Waals surface area contributed by atoms with Crippen LogP contribution in [-0.4, -0.2) is 16.0 Å². The van der Waals surface area contributed by atoms with Gasteiger partial charge in [-0.15, -0.1) is 0 Å². The molecule has 5 nitrogen and oxygen atoms in total. The summed E-state index contributed by atoms with van der Waals surface area (Å²) in [5.74, 6) is -0.320. The number of halogens is 3. The van der Waals surface area contributed by atoms with Gasteiger partial charge in [-0.25, -0.2) is 18.7 Å². The van der Waals surface area contributed by atoms with Crippen LogP contribution in [0.4, 0.5) is 20.4 Å². The molecule has 2 heterocycles. The van der Waals surface area contributed by atoms with Gasteiger partial charge in [0.15, 0.2) is 11.6 Å². The van der Waals surface area contributed by atoms with Crippen LogP contribution in [0, 0.1) is 11.6 Å². The zero-order valence-electron chi connectivity index (χ0n) is 16.9. The van der Waals surface area contributed by atoms with Crippen molar-refractivity contribution < 1.29 is 8.78 Å². The van der Waals surface area contributed by atoms with Crippen LogP contribution in [0.1, 0.15) is 42.7 Å². The summed E-state index contributed by atoms with van der Waals surface area (Å²) in [6, 6.07) is 9.46. The Morgan fingerprint density at radius 1 is 1.10 bits per heavy atom. The number of nitrogens with zero attached hydrogens (tertiary/aromatic N) is 2. The van der Waals surface area contributed by atoms with Crippen molar-refractivity contribution in [3.63, 3.8) is 0 Å². The van der Waals surface area contributed by atoms with E-state index < -0.39 is 5.82 Å². The normalized spacial score (nSPS) is 18.7. The number of benzene rings is 1. The monoisotopic (exact) mass is 443 g/mol. The number of nitrogens with one attached hydrogen (secondary N) is 1. The molecule has 8 heteroatoms. The number of nitrogens with two attached hydrogens (primary N) is 2. The van der Waals surface area contributed by atoms with Crippen molar-refractivity contribution in [3.8, 4) is 11.3 Å². The number of aromatic nitrogens is 2. The lowest BCUT2D eigenvalue weighted by atomic mass is 9.80. The second-order valence-electron chi connectivity index (χ2n) is 7.94. The molecule has 5 N–H and O–H groups in total. The van der Waals surface area contributed by atoms with E-state index in [2.05, 4.69) is 15.3 Å². The van der Waals surface area contributed by atoms with E-state index >= 15 is 4.39 Å². The SMILES string of the molecule is Nc1cc(-c2nc(NCc3cccc(F)c3)c(F)cc2C2CCC(N)CC2)c(Cl)cn1. The highest BCUT2D eigenvalue weighted by atomic mass is 35.5. The average Bonchev–Trinajstić information content (AvgIpc) is 2.75. The van der Waals surface area contributed by atoms with Crippen LogP contribution >= 0.6 is 11.6 Å². The first-order valence-electron chi connectivity index (χ1n) is 10.3. The Hall–Kier alpha value is -2.77. The lowest BCUT2D eigenvalue weighted by Crippen LogP contribution is -2.26. The Kier molecular flexibility index (Phi) is 6.34. The second kappa shape index (κ2) is 9.16. The number of hydrogen-bond donors (Lipinski definition) is 3. The number of nitrogen functional groups attached to an aromatic ring is 1. The molecule has 0 radical (unpaired) electrons. The van der Waals surface area contributed by atoms with E-state index in [1.807, 2.05) is 0 Å². The first-order valence-corrected chi connectivity index (χ1v) is 10.6. The molecular weight excluding hydrogens is 420 g/mol. The molecule has 3 aromatic rings. The van der Waals surface area contributed by atoms with Gasteiger partial charge in [-0.05, 0) is 67.0 Å². The van der Waals surface area contributed by atoms with Crippen LogP contribution < -0.4 is 16.8 Å². The fourth-order valence-electron chi connectivity index (χ4n) is 4.05. The van der Waals surface area contributed by atoms with Crippen molar-refractivity contribution in [3.05, 3.63) is 70.4 Å². The molecule has 2 aromatic heterocycles. The molecule has 0 aliphatic heterocycles. The van der Waals surface area contributed by atoms with Gasteiger partial charge in [0.05, 0.1) is 10.7 Å². The van der Waals surface area contributed by atoms with Gasteiger partial charge in [0.25, 0.3) is 0 Å². The first-order chi connectivity index (χ1) is 14.9. The topological polar surface area (TPSA) is 89.8 Å². The second-order valence-corrected chi connectivity index (χ2v) is 8.35. The summed E-state index contributed by atoms with van der Waals surface area (Å²) in [7, 11) is 0. The predicted molar refractivity (Wildman–Crippen MR) is 120 cm³/mol. The van der Waals surface area contributed by atoms with E-state index in [1.165, 1.54) is 24.4 Å². The largest absolute Gasteiger partial charge is 0.384 e. The maximum Gasteiger partial charge on any atom is 0.165 e. The van der Waals surface area contributed by atoms with Gasteiger partial charge in [-0.2, -0.15) is 0 Å². The van der Waals surface area contributed by atoms with Crippen molar-refractivity contribution in [1.82, 2.24) is 9.97 Å². The minimum atomic E-state index is -0.469. The molecule has 0 unspecified atom stereocenters. The van der Waals surface area contributed by atoms with E-state index in [9.17, 15) is 4.39 Å². The van der Waals surface area contributed by atoms with Crippen LogP contribution in [0.25, 0.3) is 11.3 Å². The van der Waals surface area contributed by atoms with Gasteiger partial charge < -0.3 is 16.8 Å². The maximum atomic E-state index is 15.0. The number of hydrogen-bond acceptors (Lipinski definition) is 5. The van der Waals surface area contributed by atoms with Crippen LogP contribution in [0.3, 0.4) is 0 Å². The van der Waals surface area contributed by atoms with Crippen molar-refractivity contribution in [1.29, 1.82) is 0 Å². The lowest BCUT2D eigenvalue weighted by molar-refractivity contribution is 0.394. The summed E-state index contributed by atoms with van der Waals surface area (Å²) in [6.07, 6.45) is 4.92. The van der Waals surface area contributed by atoms with Crippen molar-refractivity contribution >= 4 is 23.2 Å². The Balaban J connectivity index is 1.73. The summed E-state index contributed by atoms with van der Waals surface area (Å²) < 4.78 is 28.5. The molecule has 0 bridgehead atoms. The molecule has 1 fully saturated rings. The molecule has 0 atom stereocenters. The van der Waals surface area contributed by atoms with Crippen LogP contribution in [0.2, 0.25) is 5.02 Å². The van der Waals surface area contributed by atoms with Crippen LogP contribution in [-0.2, 0) is 6.54 Å². The molecular formula is C23H24ClF2N5. The Labute approximate surface area is 184 Å². The van der Waals surface area contributed by atoms with Gasteiger partial charge in [0.1, 0.15) is 11.6 Å². The summed E-state index contributed by atoms with van der Waals surface area (Å²) in [5.41, 5.74) is 14.6. The molecule has 162 valence electrons. The number of rotatable bonds is 5. The zero-order chi connectivity index (χ0) is 22.0. The van der Waals surface area contributed by atoms with Crippen molar-refractivity contribution in [2.45, 2.75) is 44.2 Å². The molecule has 0 spiro atoms. The highest BCUT2D eigenvalue weighted by Gasteiger charge is 2.26. The summed E-state index contributed by atoms with van der Waals surface area (Å²) >= 11 is 6.41. The van der Waals surface area contributed by atoms with E-state index in [1.54, 1.807) is 18.2 Å². The highest BCUT2D eigenvalue weighted by Crippen LogP contribution is 2.40. The lowest BCUT2D eigenvalue weighted by Gasteiger charge is -2.28. The minimum absolute atomic E-state index is 0.0713. The molecule has 0 amide bonds. The number of anilines is 2. The maximum absolute atomic E-state index is 15.0. The highest BCUT2D eigenvalue weighted by molar-refractivity contribution is 6.33. The van der Waals surface area contributed by atoms with E-state index in [-0.39, 0.29) is 30.1 Å².